The minimum atomic E-state index is -3.78. The molecule has 0 radical (unpaired) electrons. The second-order valence-electron chi connectivity index (χ2n) is 6.99. The summed E-state index contributed by atoms with van der Waals surface area (Å²) < 4.78 is 35.2. The van der Waals surface area contributed by atoms with Gasteiger partial charge in [0.05, 0.1) is 18.1 Å². The van der Waals surface area contributed by atoms with Crippen LogP contribution in [0.4, 0.5) is 0 Å². The highest BCUT2D eigenvalue weighted by molar-refractivity contribution is 7.86. The maximum absolute atomic E-state index is 12.2. The second kappa shape index (κ2) is 12.0. The van der Waals surface area contributed by atoms with Crippen molar-refractivity contribution in [2.24, 2.45) is 5.92 Å². The molecule has 1 unspecified atom stereocenters. The van der Waals surface area contributed by atoms with E-state index in [1.165, 1.54) is 12.1 Å². The zero-order valence-corrected chi connectivity index (χ0v) is 17.2. The molecule has 0 saturated carbocycles. The van der Waals surface area contributed by atoms with Crippen LogP contribution in [0.2, 0.25) is 0 Å². The van der Waals surface area contributed by atoms with Crippen LogP contribution in [0.3, 0.4) is 0 Å². The maximum Gasteiger partial charge on any atom is 0.296 e. The van der Waals surface area contributed by atoms with Crippen molar-refractivity contribution in [3.8, 4) is 0 Å². The molecule has 5 nitrogen and oxygen atoms in total. The number of hydrogen-bond acceptors (Lipinski definition) is 5. The molecule has 0 aliphatic heterocycles. The summed E-state index contributed by atoms with van der Waals surface area (Å²) in [6, 6.07) is 16.6. The Hall–Kier alpha value is -1.73. The van der Waals surface area contributed by atoms with Crippen LogP contribution in [0.25, 0.3) is 0 Å². The first-order valence-corrected chi connectivity index (χ1v) is 11.1. The van der Waals surface area contributed by atoms with E-state index in [0.717, 1.165) is 36.8 Å². The largest absolute Gasteiger partial charge is 0.396 e. The third kappa shape index (κ3) is 8.10. The molecule has 28 heavy (non-hydrogen) atoms. The van der Waals surface area contributed by atoms with Crippen LogP contribution >= 0.6 is 0 Å². The van der Waals surface area contributed by atoms with E-state index in [-0.39, 0.29) is 24.0 Å². The predicted octanol–water partition coefficient (Wildman–Crippen LogP) is 4.09. The summed E-state index contributed by atoms with van der Waals surface area (Å²) in [5.74, 6) is -0.189. The average molecular weight is 407 g/mol. The number of aryl methyl sites for hydroxylation is 1. The summed E-state index contributed by atoms with van der Waals surface area (Å²) in [5.41, 5.74) is 2.15. The van der Waals surface area contributed by atoms with Crippen LogP contribution in [0.15, 0.2) is 59.5 Å². The van der Waals surface area contributed by atoms with E-state index in [2.05, 4.69) is 0 Å². The Balaban J connectivity index is 1.61. The van der Waals surface area contributed by atoms with Crippen molar-refractivity contribution in [3.63, 3.8) is 0 Å². The van der Waals surface area contributed by atoms with Gasteiger partial charge in [-0.05, 0) is 37.5 Å². The van der Waals surface area contributed by atoms with Gasteiger partial charge in [0.15, 0.2) is 0 Å². The highest BCUT2D eigenvalue weighted by Gasteiger charge is 2.18. The third-order valence-electron chi connectivity index (χ3n) is 4.54. The van der Waals surface area contributed by atoms with Gasteiger partial charge in [0, 0.05) is 19.1 Å². The molecule has 0 aliphatic rings. The predicted molar refractivity (Wildman–Crippen MR) is 109 cm³/mol. The van der Waals surface area contributed by atoms with Crippen molar-refractivity contribution in [3.05, 3.63) is 65.7 Å². The number of ether oxygens (including phenoxy) is 1. The van der Waals surface area contributed by atoms with Gasteiger partial charge in [0.25, 0.3) is 10.1 Å². The topological polar surface area (TPSA) is 72.8 Å². The molecule has 0 aromatic heterocycles. The number of hydrogen-bond donors (Lipinski definition) is 1. The zero-order chi connectivity index (χ0) is 20.2. The Bertz CT molecular complexity index is 772. The Morgan fingerprint density at radius 1 is 0.964 bits per heavy atom. The molecule has 0 spiro atoms. The van der Waals surface area contributed by atoms with E-state index in [1.807, 2.05) is 37.3 Å². The lowest BCUT2D eigenvalue weighted by Crippen LogP contribution is -2.18. The molecule has 0 amide bonds. The average Bonchev–Trinajstić information content (AvgIpc) is 2.70. The summed E-state index contributed by atoms with van der Waals surface area (Å²) in [6.07, 6.45) is 3.52. The molecule has 1 atom stereocenters. The molecular formula is C22H30O5S. The van der Waals surface area contributed by atoms with Crippen molar-refractivity contribution in [2.75, 3.05) is 19.8 Å². The van der Waals surface area contributed by atoms with Crippen molar-refractivity contribution in [1.29, 1.82) is 0 Å². The smallest absolute Gasteiger partial charge is 0.296 e. The van der Waals surface area contributed by atoms with Crippen LogP contribution in [0, 0.1) is 12.8 Å². The van der Waals surface area contributed by atoms with Crippen LogP contribution in [0.5, 0.6) is 0 Å². The van der Waals surface area contributed by atoms with Crippen LogP contribution < -0.4 is 0 Å². The first-order chi connectivity index (χ1) is 13.5. The monoisotopic (exact) mass is 406 g/mol. The normalized spacial score (nSPS) is 12.8. The molecule has 2 aromatic rings. The van der Waals surface area contributed by atoms with Gasteiger partial charge < -0.3 is 9.84 Å². The lowest BCUT2D eigenvalue weighted by atomic mass is 10.0. The standard InChI is InChI=1S/C22H30O5S/c1-19-11-13-22(14-12-19)28(24,25)27-18-21(16-23)10-6-3-7-15-26-17-20-8-4-2-5-9-20/h2,4-5,8-9,11-14,21,23H,3,6-7,10,15-18H2,1H3. The molecule has 6 heteroatoms. The number of aliphatic hydroxyl groups is 1. The Morgan fingerprint density at radius 2 is 1.68 bits per heavy atom. The number of benzene rings is 2. The minimum absolute atomic E-state index is 0.00276. The van der Waals surface area contributed by atoms with E-state index in [4.69, 9.17) is 8.92 Å². The van der Waals surface area contributed by atoms with Gasteiger partial charge in [0.1, 0.15) is 0 Å². The molecule has 0 aliphatic carbocycles. The van der Waals surface area contributed by atoms with Gasteiger partial charge in [-0.3, -0.25) is 4.18 Å². The van der Waals surface area contributed by atoms with E-state index >= 15 is 0 Å². The van der Waals surface area contributed by atoms with Crippen molar-refractivity contribution >= 4 is 10.1 Å². The van der Waals surface area contributed by atoms with E-state index in [1.54, 1.807) is 12.1 Å². The molecular weight excluding hydrogens is 376 g/mol. The van der Waals surface area contributed by atoms with Crippen LogP contribution in [-0.2, 0) is 25.6 Å². The Morgan fingerprint density at radius 3 is 2.36 bits per heavy atom. The summed E-state index contributed by atoms with van der Waals surface area (Å²) in [7, 11) is -3.78. The van der Waals surface area contributed by atoms with Gasteiger partial charge in [0.2, 0.25) is 0 Å². The fourth-order valence-corrected chi connectivity index (χ4v) is 3.74. The highest BCUT2D eigenvalue weighted by atomic mass is 32.2. The number of aliphatic hydroxyl groups excluding tert-OH is 1. The molecule has 1 N–H and O–H groups in total. The van der Waals surface area contributed by atoms with Gasteiger partial charge in [-0.1, -0.05) is 60.9 Å². The number of unbranched alkanes of at least 4 members (excludes halogenated alkanes) is 2. The van der Waals surface area contributed by atoms with Crippen molar-refractivity contribution in [2.45, 2.75) is 44.1 Å². The summed E-state index contributed by atoms with van der Waals surface area (Å²) in [5, 5.41) is 9.50. The lowest BCUT2D eigenvalue weighted by molar-refractivity contribution is 0.115. The quantitative estimate of drug-likeness (QED) is 0.401. The van der Waals surface area contributed by atoms with E-state index < -0.39 is 10.1 Å². The van der Waals surface area contributed by atoms with Gasteiger partial charge >= 0.3 is 0 Å². The minimum Gasteiger partial charge on any atom is -0.396 e. The fraction of sp³-hybridized carbons (Fsp3) is 0.455. The first-order valence-electron chi connectivity index (χ1n) is 9.70. The molecule has 0 bridgehead atoms. The van der Waals surface area contributed by atoms with E-state index in [0.29, 0.717) is 13.2 Å². The molecule has 0 heterocycles. The lowest BCUT2D eigenvalue weighted by Gasteiger charge is -2.14. The van der Waals surface area contributed by atoms with E-state index in [9.17, 15) is 13.5 Å². The molecule has 154 valence electrons. The summed E-state index contributed by atoms with van der Waals surface area (Å²) in [4.78, 5) is 0.144. The van der Waals surface area contributed by atoms with Crippen molar-refractivity contribution < 1.29 is 22.4 Å². The fourth-order valence-electron chi connectivity index (χ4n) is 2.76. The van der Waals surface area contributed by atoms with Crippen molar-refractivity contribution in [1.82, 2.24) is 0 Å². The zero-order valence-electron chi connectivity index (χ0n) is 16.4. The van der Waals surface area contributed by atoms with Crippen LogP contribution in [-0.4, -0.2) is 33.3 Å². The van der Waals surface area contributed by atoms with Gasteiger partial charge in [-0.25, -0.2) is 0 Å². The molecule has 2 rings (SSSR count). The summed E-state index contributed by atoms with van der Waals surface area (Å²) >= 11 is 0. The third-order valence-corrected chi connectivity index (χ3v) is 5.84. The van der Waals surface area contributed by atoms with Gasteiger partial charge in [-0.15, -0.1) is 0 Å². The molecule has 2 aromatic carbocycles. The Kier molecular flexibility index (Phi) is 9.64. The SMILES string of the molecule is Cc1ccc(S(=O)(=O)OCC(CO)CCCCCOCc2ccccc2)cc1. The highest BCUT2D eigenvalue weighted by Crippen LogP contribution is 2.17. The molecule has 0 saturated heterocycles. The van der Waals surface area contributed by atoms with Crippen LogP contribution in [0.1, 0.15) is 36.8 Å². The number of rotatable bonds is 13. The Labute approximate surface area is 168 Å². The maximum atomic E-state index is 12.2. The second-order valence-corrected chi connectivity index (χ2v) is 8.60. The summed E-state index contributed by atoms with van der Waals surface area (Å²) in [6.45, 7) is 3.11. The first kappa shape index (κ1) is 22.6. The molecule has 0 fully saturated rings. The van der Waals surface area contributed by atoms with Gasteiger partial charge in [-0.2, -0.15) is 8.42 Å².